The van der Waals surface area contributed by atoms with Crippen LogP contribution in [0.1, 0.15) is 165 Å². The van der Waals surface area contributed by atoms with Gasteiger partial charge in [-0.3, -0.25) is 18.6 Å². The molecule has 1 fully saturated rings. The number of furan rings is 1. The fourth-order valence-electron chi connectivity index (χ4n) is 6.43. The van der Waals surface area contributed by atoms with Crippen molar-refractivity contribution in [3.8, 4) is 0 Å². The van der Waals surface area contributed by atoms with Crippen molar-refractivity contribution < 1.29 is 46.7 Å². The molecule has 57 heavy (non-hydrogen) atoms. The van der Waals surface area contributed by atoms with E-state index in [4.69, 9.17) is 33.4 Å². The smallest absolute Gasteiger partial charge is 0.466 e. The third kappa shape index (κ3) is 24.9. The summed E-state index contributed by atoms with van der Waals surface area (Å²) in [5.74, 6) is 1.33. The molecule has 3 unspecified atom stereocenters. The Bertz CT molecular complexity index is 1370. The fourth-order valence-corrected chi connectivity index (χ4v) is 7.20. The standard InChI is InChI=1S/C45H76NO10P/c1-5-7-9-10-16-23-29-42-43(56-42)30-24-18-12-11-13-19-25-31-44(47)51-35-39(36-53-57(49,50)52-34-33-46)54-45(48)32-26-20-15-14-17-22-28-41-38(4)37(3)40(55-41)27-21-8-6-2/h11,13,16,18,23-24,39,42-43H,5-10,12,14-15,17,19-22,25-36,46H2,1-4H3,(H,49,50)/b13-11-,23-16-,24-18-/t39-,42?,43?/m1/s1. The monoisotopic (exact) mass is 822 g/mol. The molecule has 0 aromatic carbocycles. The lowest BCUT2D eigenvalue weighted by Crippen LogP contribution is -2.29. The van der Waals surface area contributed by atoms with E-state index in [-0.39, 0.29) is 32.6 Å². The summed E-state index contributed by atoms with van der Waals surface area (Å²) in [4.78, 5) is 35.0. The van der Waals surface area contributed by atoms with Crippen LogP contribution in [0.2, 0.25) is 0 Å². The summed E-state index contributed by atoms with van der Waals surface area (Å²) >= 11 is 0. The summed E-state index contributed by atoms with van der Waals surface area (Å²) in [5.41, 5.74) is 7.94. The van der Waals surface area contributed by atoms with Crippen LogP contribution in [-0.2, 0) is 50.3 Å². The van der Waals surface area contributed by atoms with Crippen molar-refractivity contribution in [2.75, 3.05) is 26.4 Å². The number of rotatable bonds is 36. The first-order valence-corrected chi connectivity index (χ1v) is 23.4. The van der Waals surface area contributed by atoms with Crippen molar-refractivity contribution in [3.05, 3.63) is 59.1 Å². The second-order valence-corrected chi connectivity index (χ2v) is 16.6. The van der Waals surface area contributed by atoms with Crippen LogP contribution in [-0.4, -0.2) is 61.5 Å². The number of nitrogens with two attached hydrogens (primary N) is 1. The number of unbranched alkanes of at least 4 members (excludes halogenated alkanes) is 11. The number of phosphoric ester groups is 1. The number of hydrogen-bond donors (Lipinski definition) is 2. The maximum Gasteiger partial charge on any atom is 0.472 e. The third-order valence-electron chi connectivity index (χ3n) is 10.1. The van der Waals surface area contributed by atoms with E-state index >= 15 is 0 Å². The molecule has 0 bridgehead atoms. The second-order valence-electron chi connectivity index (χ2n) is 15.2. The Kier molecular flexibility index (Phi) is 27.9. The van der Waals surface area contributed by atoms with Gasteiger partial charge in [-0.2, -0.15) is 0 Å². The quantitative estimate of drug-likeness (QED) is 0.0218. The van der Waals surface area contributed by atoms with E-state index in [9.17, 15) is 19.0 Å². The maximum absolute atomic E-state index is 12.7. The van der Waals surface area contributed by atoms with Gasteiger partial charge in [0, 0.05) is 32.2 Å². The van der Waals surface area contributed by atoms with Crippen molar-refractivity contribution in [3.63, 3.8) is 0 Å². The van der Waals surface area contributed by atoms with Gasteiger partial charge < -0.3 is 29.3 Å². The van der Waals surface area contributed by atoms with E-state index in [2.05, 4.69) is 58.1 Å². The zero-order valence-electron chi connectivity index (χ0n) is 35.7. The third-order valence-corrected chi connectivity index (χ3v) is 11.1. The van der Waals surface area contributed by atoms with Gasteiger partial charge >= 0.3 is 19.8 Å². The van der Waals surface area contributed by atoms with E-state index < -0.39 is 32.5 Å². The summed E-state index contributed by atoms with van der Waals surface area (Å²) in [7, 11) is -4.41. The SMILES string of the molecule is CCCCC/C=C\CC1OC1C/C=C\C/C=C\CCCC(=O)OC[C@H](COP(=O)(O)OCCN)OC(=O)CCCCCCCCc1oc(CCCCC)c(C)c1C. The fraction of sp³-hybridized carbons (Fsp3) is 0.733. The van der Waals surface area contributed by atoms with E-state index in [1.807, 2.05) is 6.08 Å². The van der Waals surface area contributed by atoms with Crippen LogP contribution in [0.25, 0.3) is 0 Å². The molecule has 2 rings (SSSR count). The lowest BCUT2D eigenvalue weighted by atomic mass is 10.0. The van der Waals surface area contributed by atoms with Crippen LogP contribution in [0, 0.1) is 13.8 Å². The number of carbonyl (C=O) groups excluding carboxylic acids is 2. The van der Waals surface area contributed by atoms with Gasteiger partial charge in [0.05, 0.1) is 25.4 Å². The zero-order chi connectivity index (χ0) is 41.6. The van der Waals surface area contributed by atoms with E-state index in [1.165, 1.54) is 49.7 Å². The molecular formula is C45H76NO10P. The first-order chi connectivity index (χ1) is 27.6. The zero-order valence-corrected chi connectivity index (χ0v) is 36.6. The van der Waals surface area contributed by atoms with Gasteiger partial charge in [0.25, 0.3) is 0 Å². The highest BCUT2D eigenvalue weighted by molar-refractivity contribution is 7.47. The average molecular weight is 822 g/mol. The molecular weight excluding hydrogens is 745 g/mol. The highest BCUT2D eigenvalue weighted by Gasteiger charge is 2.36. The van der Waals surface area contributed by atoms with Crippen LogP contribution in [0.5, 0.6) is 0 Å². The largest absolute Gasteiger partial charge is 0.472 e. The number of esters is 2. The van der Waals surface area contributed by atoms with Crippen LogP contribution in [0.15, 0.2) is 40.9 Å². The first kappa shape index (κ1) is 50.6. The van der Waals surface area contributed by atoms with E-state index in [1.54, 1.807) is 0 Å². The number of aryl methyl sites for hydroxylation is 2. The predicted octanol–water partition coefficient (Wildman–Crippen LogP) is 10.8. The molecule has 0 spiro atoms. The Hall–Kier alpha value is -2.53. The molecule has 3 N–H and O–H groups in total. The van der Waals surface area contributed by atoms with Crippen molar-refractivity contribution in [2.45, 2.75) is 187 Å². The van der Waals surface area contributed by atoms with Crippen LogP contribution in [0.4, 0.5) is 0 Å². The minimum absolute atomic E-state index is 0.0347. The molecule has 1 aromatic rings. The van der Waals surface area contributed by atoms with Crippen molar-refractivity contribution in [1.82, 2.24) is 0 Å². The van der Waals surface area contributed by atoms with E-state index in [0.29, 0.717) is 25.0 Å². The van der Waals surface area contributed by atoms with Gasteiger partial charge in [0.2, 0.25) is 0 Å². The molecule has 2 heterocycles. The number of ether oxygens (including phenoxy) is 3. The number of phosphoric acid groups is 1. The molecule has 4 atom stereocenters. The van der Waals surface area contributed by atoms with Crippen molar-refractivity contribution in [2.24, 2.45) is 5.73 Å². The van der Waals surface area contributed by atoms with Gasteiger partial charge in [-0.05, 0) is 89.2 Å². The molecule has 1 saturated heterocycles. The van der Waals surface area contributed by atoms with Gasteiger partial charge in [0.1, 0.15) is 18.1 Å². The number of carbonyl (C=O) groups is 2. The average Bonchev–Trinajstić information content (AvgIpc) is 3.89. The molecule has 1 aliphatic rings. The van der Waals surface area contributed by atoms with Gasteiger partial charge in [-0.25, -0.2) is 4.57 Å². The normalized spacial score (nSPS) is 17.2. The van der Waals surface area contributed by atoms with Gasteiger partial charge in [0.15, 0.2) is 6.10 Å². The Morgan fingerprint density at radius 3 is 1.96 bits per heavy atom. The first-order valence-electron chi connectivity index (χ1n) is 21.9. The minimum atomic E-state index is -4.41. The summed E-state index contributed by atoms with van der Waals surface area (Å²) in [6.07, 6.45) is 33.3. The van der Waals surface area contributed by atoms with Gasteiger partial charge in [-0.15, -0.1) is 0 Å². The molecule has 326 valence electrons. The van der Waals surface area contributed by atoms with Crippen LogP contribution >= 0.6 is 7.82 Å². The Balaban J connectivity index is 1.61. The molecule has 0 aliphatic carbocycles. The van der Waals surface area contributed by atoms with Crippen LogP contribution in [0.3, 0.4) is 0 Å². The second kappa shape index (κ2) is 31.4. The van der Waals surface area contributed by atoms with Gasteiger partial charge in [-0.1, -0.05) is 102 Å². The Labute approximate surface area is 344 Å². The topological polar surface area (TPSA) is 160 Å². The van der Waals surface area contributed by atoms with Crippen LogP contribution < -0.4 is 5.73 Å². The summed E-state index contributed by atoms with van der Waals surface area (Å²) in [5, 5.41) is 0. The molecule has 1 aromatic heterocycles. The predicted molar refractivity (Wildman–Crippen MR) is 227 cm³/mol. The lowest BCUT2D eigenvalue weighted by Gasteiger charge is -2.19. The number of epoxide rings is 1. The number of hydrogen-bond acceptors (Lipinski definition) is 10. The molecule has 0 radical (unpaired) electrons. The summed E-state index contributed by atoms with van der Waals surface area (Å²) in [6.45, 7) is 7.86. The Morgan fingerprint density at radius 1 is 0.719 bits per heavy atom. The number of allylic oxidation sites excluding steroid dienone is 4. The molecule has 11 nitrogen and oxygen atoms in total. The minimum Gasteiger partial charge on any atom is -0.466 e. The maximum atomic E-state index is 12.7. The molecule has 0 amide bonds. The van der Waals surface area contributed by atoms with Crippen molar-refractivity contribution in [1.29, 1.82) is 0 Å². The molecule has 12 heteroatoms. The lowest BCUT2D eigenvalue weighted by molar-refractivity contribution is -0.161. The van der Waals surface area contributed by atoms with E-state index in [0.717, 1.165) is 88.6 Å². The Morgan fingerprint density at radius 2 is 1.28 bits per heavy atom. The highest BCUT2D eigenvalue weighted by atomic mass is 31.2. The summed E-state index contributed by atoms with van der Waals surface area (Å²) < 4.78 is 44.8. The summed E-state index contributed by atoms with van der Waals surface area (Å²) in [6, 6.07) is 0. The molecule has 0 saturated carbocycles. The van der Waals surface area contributed by atoms with Crippen molar-refractivity contribution >= 4 is 19.8 Å². The molecule has 1 aliphatic heterocycles. The highest BCUT2D eigenvalue weighted by Crippen LogP contribution is 2.43.